The lowest BCUT2D eigenvalue weighted by Gasteiger charge is -2.31. The first-order chi connectivity index (χ1) is 13.6. The maximum absolute atomic E-state index is 12.7. The molecular formula is C21H21ClN4O2. The number of carbonyl (C=O) groups is 1. The SMILES string of the molecule is Cc1cnc(C(=O)N2CCC[C@@H](c3ncc(Cc4ccccc4Cl)o3)C2)cn1. The first-order valence-corrected chi connectivity index (χ1v) is 9.74. The van der Waals surface area contributed by atoms with Crippen molar-refractivity contribution < 1.29 is 9.21 Å². The number of halogens is 1. The Labute approximate surface area is 168 Å². The molecule has 1 aliphatic rings. The first-order valence-electron chi connectivity index (χ1n) is 9.36. The van der Waals surface area contributed by atoms with Gasteiger partial charge in [0.1, 0.15) is 11.5 Å². The standard InChI is InChI=1S/C21H21ClN4O2/c1-14-10-24-19(12-23-14)21(27)26-8-4-6-16(13-26)20-25-11-17(28-20)9-15-5-2-3-7-18(15)22/h2-3,5,7,10-12,16H,4,6,8-9,13H2,1H3/t16-/m1/s1. The molecule has 0 saturated carbocycles. The summed E-state index contributed by atoms with van der Waals surface area (Å²) in [5, 5.41) is 0.717. The molecule has 1 saturated heterocycles. The Kier molecular flexibility index (Phi) is 5.39. The molecule has 3 aromatic rings. The van der Waals surface area contributed by atoms with E-state index in [-0.39, 0.29) is 11.8 Å². The number of rotatable bonds is 4. The lowest BCUT2D eigenvalue weighted by Crippen LogP contribution is -2.39. The molecule has 6 nitrogen and oxygen atoms in total. The molecule has 28 heavy (non-hydrogen) atoms. The summed E-state index contributed by atoms with van der Waals surface area (Å²) in [6.07, 6.45) is 7.34. The Morgan fingerprint density at radius 2 is 2.07 bits per heavy atom. The molecule has 0 unspecified atom stereocenters. The highest BCUT2D eigenvalue weighted by Crippen LogP contribution is 2.28. The van der Waals surface area contributed by atoms with Crippen LogP contribution in [-0.4, -0.2) is 38.8 Å². The molecule has 1 atom stereocenters. The van der Waals surface area contributed by atoms with E-state index < -0.39 is 0 Å². The van der Waals surface area contributed by atoms with E-state index in [9.17, 15) is 4.79 Å². The third-order valence-electron chi connectivity index (χ3n) is 4.95. The quantitative estimate of drug-likeness (QED) is 0.665. The summed E-state index contributed by atoms with van der Waals surface area (Å²) in [6.45, 7) is 3.12. The van der Waals surface area contributed by atoms with Crippen molar-refractivity contribution in [2.75, 3.05) is 13.1 Å². The first kappa shape index (κ1) is 18.6. The number of carbonyl (C=O) groups excluding carboxylic acids is 1. The van der Waals surface area contributed by atoms with Crippen LogP contribution in [0.15, 0.2) is 47.3 Å². The molecule has 2 aromatic heterocycles. The molecule has 7 heteroatoms. The van der Waals surface area contributed by atoms with Gasteiger partial charge in [-0.1, -0.05) is 29.8 Å². The van der Waals surface area contributed by atoms with Gasteiger partial charge in [-0.05, 0) is 31.4 Å². The van der Waals surface area contributed by atoms with Crippen molar-refractivity contribution in [1.82, 2.24) is 19.9 Å². The molecule has 0 aliphatic carbocycles. The monoisotopic (exact) mass is 396 g/mol. The number of hydrogen-bond acceptors (Lipinski definition) is 5. The number of oxazole rings is 1. The molecule has 1 amide bonds. The molecule has 1 fully saturated rings. The maximum Gasteiger partial charge on any atom is 0.274 e. The molecule has 3 heterocycles. The predicted octanol–water partition coefficient (Wildman–Crippen LogP) is 4.04. The van der Waals surface area contributed by atoms with E-state index in [4.69, 9.17) is 16.0 Å². The third kappa shape index (κ3) is 4.07. The second kappa shape index (κ2) is 8.10. The minimum absolute atomic E-state index is 0.0797. The van der Waals surface area contributed by atoms with Crippen LogP contribution in [0, 0.1) is 6.92 Å². The van der Waals surface area contributed by atoms with Crippen molar-refractivity contribution >= 4 is 17.5 Å². The van der Waals surface area contributed by atoms with Crippen molar-refractivity contribution in [1.29, 1.82) is 0 Å². The van der Waals surface area contributed by atoms with Crippen molar-refractivity contribution in [3.63, 3.8) is 0 Å². The van der Waals surface area contributed by atoms with E-state index in [0.29, 0.717) is 36.1 Å². The number of aryl methyl sites for hydroxylation is 1. The summed E-state index contributed by atoms with van der Waals surface area (Å²) in [5.74, 6) is 1.43. The fraction of sp³-hybridized carbons (Fsp3) is 0.333. The average Bonchev–Trinajstić information content (AvgIpc) is 3.19. The highest BCUT2D eigenvalue weighted by atomic mass is 35.5. The van der Waals surface area contributed by atoms with Crippen LogP contribution >= 0.6 is 11.6 Å². The van der Waals surface area contributed by atoms with Gasteiger partial charge in [-0.3, -0.25) is 9.78 Å². The van der Waals surface area contributed by atoms with Gasteiger partial charge in [0.15, 0.2) is 5.89 Å². The molecule has 0 radical (unpaired) electrons. The summed E-state index contributed by atoms with van der Waals surface area (Å²) >= 11 is 6.23. The van der Waals surface area contributed by atoms with Gasteiger partial charge in [0, 0.05) is 30.7 Å². The lowest BCUT2D eigenvalue weighted by molar-refractivity contribution is 0.0691. The Balaban J connectivity index is 1.45. The van der Waals surface area contributed by atoms with E-state index in [1.165, 1.54) is 6.20 Å². The molecule has 0 spiro atoms. The fourth-order valence-corrected chi connectivity index (χ4v) is 3.65. The van der Waals surface area contributed by atoms with Gasteiger partial charge < -0.3 is 9.32 Å². The number of benzene rings is 1. The van der Waals surface area contributed by atoms with Crippen LogP contribution in [0.25, 0.3) is 0 Å². The van der Waals surface area contributed by atoms with Crippen LogP contribution in [0.1, 0.15) is 52.2 Å². The van der Waals surface area contributed by atoms with Crippen molar-refractivity contribution in [2.45, 2.75) is 32.1 Å². The van der Waals surface area contributed by atoms with Gasteiger partial charge in [0.25, 0.3) is 5.91 Å². The molecule has 0 bridgehead atoms. The van der Waals surface area contributed by atoms with Gasteiger partial charge >= 0.3 is 0 Å². The van der Waals surface area contributed by atoms with Crippen molar-refractivity contribution in [2.24, 2.45) is 0 Å². The zero-order chi connectivity index (χ0) is 19.5. The Morgan fingerprint density at radius 3 is 2.86 bits per heavy atom. The summed E-state index contributed by atoms with van der Waals surface area (Å²) in [7, 11) is 0. The average molecular weight is 397 g/mol. The fourth-order valence-electron chi connectivity index (χ4n) is 3.45. The van der Waals surface area contributed by atoms with Gasteiger partial charge in [-0.25, -0.2) is 9.97 Å². The minimum Gasteiger partial charge on any atom is -0.445 e. The number of aromatic nitrogens is 3. The number of piperidine rings is 1. The van der Waals surface area contributed by atoms with E-state index in [1.54, 1.807) is 12.4 Å². The van der Waals surface area contributed by atoms with Crippen LogP contribution in [0.3, 0.4) is 0 Å². The highest BCUT2D eigenvalue weighted by Gasteiger charge is 2.29. The molecule has 4 rings (SSSR count). The van der Waals surface area contributed by atoms with Crippen LogP contribution in [0.5, 0.6) is 0 Å². The van der Waals surface area contributed by atoms with Crippen molar-refractivity contribution in [3.8, 4) is 0 Å². The van der Waals surface area contributed by atoms with Crippen LogP contribution in [0.4, 0.5) is 0 Å². The second-order valence-electron chi connectivity index (χ2n) is 7.07. The Bertz CT molecular complexity index is 971. The molecular weight excluding hydrogens is 376 g/mol. The lowest BCUT2D eigenvalue weighted by atomic mass is 9.98. The largest absolute Gasteiger partial charge is 0.445 e. The second-order valence-corrected chi connectivity index (χ2v) is 7.47. The van der Waals surface area contributed by atoms with Crippen LogP contribution < -0.4 is 0 Å². The number of likely N-dealkylation sites (tertiary alicyclic amines) is 1. The summed E-state index contributed by atoms with van der Waals surface area (Å²) in [6, 6.07) is 7.71. The third-order valence-corrected chi connectivity index (χ3v) is 5.32. The molecule has 1 aromatic carbocycles. The van der Waals surface area contributed by atoms with Gasteiger partial charge in [0.05, 0.1) is 24.0 Å². The zero-order valence-corrected chi connectivity index (χ0v) is 16.4. The normalized spacial score (nSPS) is 16.9. The van der Waals surface area contributed by atoms with Gasteiger partial charge in [-0.15, -0.1) is 0 Å². The molecule has 1 aliphatic heterocycles. The van der Waals surface area contributed by atoms with E-state index >= 15 is 0 Å². The summed E-state index contributed by atoms with van der Waals surface area (Å²) in [4.78, 5) is 27.4. The van der Waals surface area contributed by atoms with Gasteiger partial charge in [0.2, 0.25) is 0 Å². The van der Waals surface area contributed by atoms with Crippen LogP contribution in [-0.2, 0) is 6.42 Å². The molecule has 144 valence electrons. The number of nitrogens with zero attached hydrogens (tertiary/aromatic N) is 4. The predicted molar refractivity (Wildman–Crippen MR) is 105 cm³/mol. The molecule has 0 N–H and O–H groups in total. The topological polar surface area (TPSA) is 72.1 Å². The summed E-state index contributed by atoms with van der Waals surface area (Å²) in [5.41, 5.74) is 2.17. The minimum atomic E-state index is -0.0972. The summed E-state index contributed by atoms with van der Waals surface area (Å²) < 4.78 is 6.00. The smallest absolute Gasteiger partial charge is 0.274 e. The van der Waals surface area contributed by atoms with Crippen LogP contribution in [0.2, 0.25) is 5.02 Å². The van der Waals surface area contributed by atoms with E-state index in [1.807, 2.05) is 36.1 Å². The highest BCUT2D eigenvalue weighted by molar-refractivity contribution is 6.31. The number of amides is 1. The maximum atomic E-state index is 12.7. The van der Waals surface area contributed by atoms with Gasteiger partial charge in [-0.2, -0.15) is 0 Å². The number of hydrogen-bond donors (Lipinski definition) is 0. The Morgan fingerprint density at radius 1 is 1.21 bits per heavy atom. The van der Waals surface area contributed by atoms with E-state index in [2.05, 4.69) is 15.0 Å². The Hall–Kier alpha value is -2.73. The van der Waals surface area contributed by atoms with E-state index in [0.717, 1.165) is 29.9 Å². The zero-order valence-electron chi connectivity index (χ0n) is 15.6. The van der Waals surface area contributed by atoms with Crippen molar-refractivity contribution in [3.05, 3.63) is 76.5 Å².